The average Bonchev–Trinajstić information content (AvgIpc) is 3.18. The predicted molar refractivity (Wildman–Crippen MR) is 119 cm³/mol. The van der Waals surface area contributed by atoms with Crippen molar-refractivity contribution in [3.8, 4) is 10.6 Å². The summed E-state index contributed by atoms with van der Waals surface area (Å²) in [6, 6.07) is 14.3. The Bertz CT molecular complexity index is 1290. The first-order valence-corrected chi connectivity index (χ1v) is 10.3. The standard InChI is InChI=1S/C23H16F2N4O2S/c1-13-20(32-23(27-13)14-5-7-15(24)8-6-14)22(31)29-19-12-16(25)9-10-17(19)28-21(30)18-4-2-3-11-26-18/h2-12H,1H3,(H,28,30)(H,29,31). The van der Waals surface area contributed by atoms with Crippen LogP contribution in [0.15, 0.2) is 66.9 Å². The van der Waals surface area contributed by atoms with Gasteiger partial charge in [0.15, 0.2) is 0 Å². The lowest BCUT2D eigenvalue weighted by molar-refractivity contribution is 0.101. The maximum atomic E-state index is 13.9. The van der Waals surface area contributed by atoms with Crippen molar-refractivity contribution in [1.29, 1.82) is 0 Å². The SMILES string of the molecule is Cc1nc(-c2ccc(F)cc2)sc1C(=O)Nc1cc(F)ccc1NC(=O)c1ccccn1. The van der Waals surface area contributed by atoms with Crippen LogP contribution in [0.25, 0.3) is 10.6 Å². The van der Waals surface area contributed by atoms with E-state index in [9.17, 15) is 18.4 Å². The molecule has 2 aromatic carbocycles. The van der Waals surface area contributed by atoms with Crippen LogP contribution in [0.5, 0.6) is 0 Å². The van der Waals surface area contributed by atoms with Crippen molar-refractivity contribution in [1.82, 2.24) is 9.97 Å². The highest BCUT2D eigenvalue weighted by Crippen LogP contribution is 2.30. The third-order valence-corrected chi connectivity index (χ3v) is 5.67. The van der Waals surface area contributed by atoms with Gasteiger partial charge >= 0.3 is 0 Å². The first-order valence-electron chi connectivity index (χ1n) is 9.47. The topological polar surface area (TPSA) is 84.0 Å². The van der Waals surface area contributed by atoms with Gasteiger partial charge in [0.05, 0.1) is 17.1 Å². The molecule has 0 aliphatic rings. The van der Waals surface area contributed by atoms with Crippen LogP contribution in [0, 0.1) is 18.6 Å². The van der Waals surface area contributed by atoms with E-state index in [4.69, 9.17) is 0 Å². The smallest absolute Gasteiger partial charge is 0.274 e. The molecular weight excluding hydrogens is 434 g/mol. The van der Waals surface area contributed by atoms with E-state index in [1.807, 2.05) is 0 Å². The highest BCUT2D eigenvalue weighted by atomic mass is 32.1. The number of carbonyl (C=O) groups excluding carboxylic acids is 2. The number of rotatable bonds is 5. The van der Waals surface area contributed by atoms with Gasteiger partial charge in [0.1, 0.15) is 27.2 Å². The number of anilines is 2. The van der Waals surface area contributed by atoms with Crippen molar-refractivity contribution < 1.29 is 18.4 Å². The lowest BCUT2D eigenvalue weighted by atomic mass is 10.2. The molecule has 160 valence electrons. The monoisotopic (exact) mass is 450 g/mol. The Morgan fingerprint density at radius 3 is 2.31 bits per heavy atom. The third kappa shape index (κ3) is 4.68. The van der Waals surface area contributed by atoms with Crippen LogP contribution in [0.3, 0.4) is 0 Å². The molecule has 4 rings (SSSR count). The molecule has 0 fully saturated rings. The number of thiazole rings is 1. The first kappa shape index (κ1) is 21.3. The lowest BCUT2D eigenvalue weighted by Crippen LogP contribution is -2.17. The minimum atomic E-state index is -0.579. The van der Waals surface area contributed by atoms with Crippen molar-refractivity contribution in [2.24, 2.45) is 0 Å². The summed E-state index contributed by atoms with van der Waals surface area (Å²) in [5.41, 5.74) is 1.64. The molecule has 0 aliphatic heterocycles. The maximum absolute atomic E-state index is 13.9. The molecular formula is C23H16F2N4O2S. The number of benzene rings is 2. The predicted octanol–water partition coefficient (Wildman–Crippen LogP) is 5.30. The largest absolute Gasteiger partial charge is 0.319 e. The zero-order chi connectivity index (χ0) is 22.7. The molecule has 2 amide bonds. The van der Waals surface area contributed by atoms with Crippen LogP contribution in [-0.2, 0) is 0 Å². The molecule has 0 bridgehead atoms. The molecule has 0 unspecified atom stereocenters. The second-order valence-electron chi connectivity index (χ2n) is 6.75. The van der Waals surface area contributed by atoms with E-state index in [0.29, 0.717) is 21.1 Å². The van der Waals surface area contributed by atoms with Gasteiger partial charge < -0.3 is 10.6 Å². The molecule has 2 heterocycles. The number of nitrogens with one attached hydrogen (secondary N) is 2. The fourth-order valence-corrected chi connectivity index (χ4v) is 3.88. The van der Waals surface area contributed by atoms with Crippen LogP contribution in [0.2, 0.25) is 0 Å². The van der Waals surface area contributed by atoms with Gasteiger partial charge in [0, 0.05) is 11.8 Å². The quantitative estimate of drug-likeness (QED) is 0.432. The summed E-state index contributed by atoms with van der Waals surface area (Å²) in [5, 5.41) is 5.82. The summed E-state index contributed by atoms with van der Waals surface area (Å²) in [6.45, 7) is 1.67. The second kappa shape index (κ2) is 9.03. The Kier molecular flexibility index (Phi) is 6.00. The fourth-order valence-electron chi connectivity index (χ4n) is 2.91. The molecule has 0 radical (unpaired) electrons. The summed E-state index contributed by atoms with van der Waals surface area (Å²) in [7, 11) is 0. The molecule has 0 spiro atoms. The number of hydrogen-bond donors (Lipinski definition) is 2. The highest BCUT2D eigenvalue weighted by molar-refractivity contribution is 7.17. The van der Waals surface area contributed by atoms with Gasteiger partial charge in [-0.25, -0.2) is 13.8 Å². The third-order valence-electron chi connectivity index (χ3n) is 4.47. The fraction of sp³-hybridized carbons (Fsp3) is 0.0435. The highest BCUT2D eigenvalue weighted by Gasteiger charge is 2.19. The molecule has 0 saturated carbocycles. The van der Waals surface area contributed by atoms with Gasteiger partial charge in [-0.2, -0.15) is 0 Å². The Morgan fingerprint density at radius 2 is 1.59 bits per heavy atom. The normalized spacial score (nSPS) is 10.6. The molecule has 0 atom stereocenters. The van der Waals surface area contributed by atoms with Gasteiger partial charge in [-0.15, -0.1) is 11.3 Å². The number of aryl methyl sites for hydroxylation is 1. The molecule has 9 heteroatoms. The summed E-state index contributed by atoms with van der Waals surface area (Å²) < 4.78 is 27.1. The van der Waals surface area contributed by atoms with E-state index >= 15 is 0 Å². The van der Waals surface area contributed by atoms with Gasteiger partial charge in [0.25, 0.3) is 11.8 Å². The van der Waals surface area contributed by atoms with E-state index in [0.717, 1.165) is 17.4 Å². The number of amides is 2. The van der Waals surface area contributed by atoms with E-state index in [1.54, 1.807) is 31.2 Å². The van der Waals surface area contributed by atoms with Gasteiger partial charge in [-0.3, -0.25) is 14.6 Å². The van der Waals surface area contributed by atoms with Crippen molar-refractivity contribution in [3.05, 3.63) is 94.8 Å². The Labute approximate surface area is 186 Å². The number of hydrogen-bond acceptors (Lipinski definition) is 5. The molecule has 2 aromatic heterocycles. The molecule has 32 heavy (non-hydrogen) atoms. The van der Waals surface area contributed by atoms with Crippen LogP contribution in [-0.4, -0.2) is 21.8 Å². The lowest BCUT2D eigenvalue weighted by Gasteiger charge is -2.12. The van der Waals surface area contributed by atoms with E-state index in [-0.39, 0.29) is 22.9 Å². The summed E-state index contributed by atoms with van der Waals surface area (Å²) >= 11 is 1.13. The average molecular weight is 450 g/mol. The van der Waals surface area contributed by atoms with Crippen molar-refractivity contribution in [3.63, 3.8) is 0 Å². The number of pyridine rings is 1. The zero-order valence-electron chi connectivity index (χ0n) is 16.7. The number of nitrogens with zero attached hydrogens (tertiary/aromatic N) is 2. The first-order chi connectivity index (χ1) is 15.4. The van der Waals surface area contributed by atoms with Crippen LogP contribution in [0.4, 0.5) is 20.2 Å². The Balaban J connectivity index is 1.58. The molecule has 0 aliphatic carbocycles. The van der Waals surface area contributed by atoms with Crippen molar-refractivity contribution in [2.45, 2.75) is 6.92 Å². The Hall–Kier alpha value is -3.98. The van der Waals surface area contributed by atoms with E-state index in [2.05, 4.69) is 20.6 Å². The molecule has 0 saturated heterocycles. The Morgan fingerprint density at radius 1 is 0.875 bits per heavy atom. The van der Waals surface area contributed by atoms with E-state index in [1.165, 1.54) is 36.5 Å². The molecule has 6 nitrogen and oxygen atoms in total. The summed E-state index contributed by atoms with van der Waals surface area (Å²) in [4.78, 5) is 34.0. The van der Waals surface area contributed by atoms with Gasteiger partial charge in [-0.05, 0) is 61.5 Å². The van der Waals surface area contributed by atoms with Crippen LogP contribution in [0.1, 0.15) is 25.9 Å². The minimum Gasteiger partial charge on any atom is -0.319 e. The maximum Gasteiger partial charge on any atom is 0.274 e. The number of halogens is 2. The van der Waals surface area contributed by atoms with Gasteiger partial charge in [-0.1, -0.05) is 6.07 Å². The van der Waals surface area contributed by atoms with Gasteiger partial charge in [0.2, 0.25) is 0 Å². The summed E-state index contributed by atoms with van der Waals surface area (Å²) in [6.07, 6.45) is 1.48. The van der Waals surface area contributed by atoms with Crippen molar-refractivity contribution >= 4 is 34.5 Å². The minimum absolute atomic E-state index is 0.0930. The molecule has 2 N–H and O–H groups in total. The van der Waals surface area contributed by atoms with Crippen LogP contribution >= 0.6 is 11.3 Å². The van der Waals surface area contributed by atoms with E-state index < -0.39 is 17.6 Å². The second-order valence-corrected chi connectivity index (χ2v) is 7.75. The van der Waals surface area contributed by atoms with Crippen molar-refractivity contribution in [2.75, 3.05) is 10.6 Å². The zero-order valence-corrected chi connectivity index (χ0v) is 17.5. The summed E-state index contributed by atoms with van der Waals surface area (Å²) in [5.74, 6) is -1.96. The van der Waals surface area contributed by atoms with Crippen LogP contribution < -0.4 is 10.6 Å². The molecule has 4 aromatic rings. The number of aromatic nitrogens is 2. The number of carbonyl (C=O) groups is 2.